The Morgan fingerprint density at radius 3 is 2.28 bits per heavy atom. The van der Waals surface area contributed by atoms with E-state index >= 15 is 0 Å². The summed E-state index contributed by atoms with van der Waals surface area (Å²) in [5, 5.41) is 30.8. The van der Waals surface area contributed by atoms with Crippen molar-refractivity contribution in [1.82, 2.24) is 0 Å². The van der Waals surface area contributed by atoms with E-state index in [1.807, 2.05) is 0 Å². The third-order valence-corrected chi connectivity index (χ3v) is 3.66. The molecule has 0 spiro atoms. The fourth-order valence-corrected chi connectivity index (χ4v) is 2.58. The van der Waals surface area contributed by atoms with Crippen molar-refractivity contribution in [3.8, 4) is 11.5 Å². The predicted molar refractivity (Wildman–Crippen MR) is 91.8 cm³/mol. The Morgan fingerprint density at radius 2 is 1.68 bits per heavy atom. The molecule has 2 rings (SSSR count). The molecule has 0 atom stereocenters. The minimum Gasteiger partial charge on any atom is -0.508 e. The van der Waals surface area contributed by atoms with Gasteiger partial charge in [-0.05, 0) is 23.8 Å². The zero-order valence-electron chi connectivity index (χ0n) is 12.6. The molecule has 0 saturated heterocycles. The van der Waals surface area contributed by atoms with Gasteiger partial charge in [-0.2, -0.15) is 0 Å². The molecule has 2 aromatic rings. The first-order valence-electron chi connectivity index (χ1n) is 6.90. The molecule has 0 bridgehead atoms. The van der Waals surface area contributed by atoms with Crippen molar-refractivity contribution in [2.75, 3.05) is 11.9 Å². The molecule has 0 aliphatic rings. The lowest BCUT2D eigenvalue weighted by atomic mass is 10.1. The summed E-state index contributed by atoms with van der Waals surface area (Å²) < 4.78 is 4.58. The molecule has 0 fully saturated rings. The van der Waals surface area contributed by atoms with Gasteiger partial charge in [0.25, 0.3) is 0 Å². The van der Waals surface area contributed by atoms with Crippen molar-refractivity contribution >= 4 is 46.5 Å². The van der Waals surface area contributed by atoms with Crippen molar-refractivity contribution < 1.29 is 29.6 Å². The second-order valence-corrected chi connectivity index (χ2v) is 5.80. The summed E-state index contributed by atoms with van der Waals surface area (Å²) in [6.07, 6.45) is -0.280. The molecule has 0 aromatic heterocycles. The molecule has 0 aliphatic heterocycles. The van der Waals surface area contributed by atoms with Gasteiger partial charge in [0.05, 0.1) is 22.2 Å². The smallest absolute Gasteiger partial charge is 0.341 e. The zero-order valence-corrected chi connectivity index (χ0v) is 14.1. The van der Waals surface area contributed by atoms with E-state index < -0.39 is 18.5 Å². The number of hydrogen-bond donors (Lipinski definition) is 4. The number of phenolic OH excluding ortho intramolecular Hbond substituents is 2. The van der Waals surface area contributed by atoms with Gasteiger partial charge in [-0.25, -0.2) is 4.79 Å². The molecule has 0 radical (unpaired) electrons. The highest BCUT2D eigenvalue weighted by atomic mass is 35.5. The van der Waals surface area contributed by atoms with Crippen LogP contribution in [0.25, 0.3) is 0 Å². The number of carboxylic acid groups (broad SMARTS) is 1. The number of carbonyl (C=O) groups excluding carboxylic acids is 1. The van der Waals surface area contributed by atoms with E-state index in [0.29, 0.717) is 16.9 Å². The Labute approximate surface area is 152 Å². The van der Waals surface area contributed by atoms with Crippen LogP contribution in [0.3, 0.4) is 0 Å². The van der Waals surface area contributed by atoms with Crippen LogP contribution in [0.1, 0.15) is 5.56 Å². The lowest BCUT2D eigenvalue weighted by molar-refractivity contribution is -0.154. The van der Waals surface area contributed by atoms with E-state index in [1.165, 1.54) is 30.3 Å². The van der Waals surface area contributed by atoms with Crippen LogP contribution in [0.2, 0.25) is 10.0 Å². The standard InChI is InChI=1S/C16H13Cl2NO6/c17-11-5-10(21)6-12(18)16(11)19-13-2-1-9(20)3-8(13)4-15(24)25-7-14(22)23/h1-3,5-6,19-21H,4,7H2,(H,22,23). The van der Waals surface area contributed by atoms with Crippen LogP contribution in [0, 0.1) is 0 Å². The number of aromatic hydroxyl groups is 2. The topological polar surface area (TPSA) is 116 Å². The number of esters is 1. The minimum atomic E-state index is -1.27. The van der Waals surface area contributed by atoms with E-state index in [1.54, 1.807) is 0 Å². The first-order valence-corrected chi connectivity index (χ1v) is 7.66. The summed E-state index contributed by atoms with van der Waals surface area (Å²) in [6.45, 7) is -0.754. The number of ether oxygens (including phenoxy) is 1. The number of hydrogen-bond acceptors (Lipinski definition) is 6. The average Bonchev–Trinajstić information content (AvgIpc) is 2.50. The van der Waals surface area contributed by atoms with E-state index in [4.69, 9.17) is 28.3 Å². The fourth-order valence-electron chi connectivity index (χ4n) is 2.01. The Bertz CT molecular complexity index is 801. The van der Waals surface area contributed by atoms with Crippen molar-refractivity contribution in [1.29, 1.82) is 0 Å². The quantitative estimate of drug-likeness (QED) is 0.445. The number of benzene rings is 2. The van der Waals surface area contributed by atoms with Crippen molar-refractivity contribution in [2.45, 2.75) is 6.42 Å². The third kappa shape index (κ3) is 5.17. The number of phenols is 2. The third-order valence-electron chi connectivity index (χ3n) is 3.07. The minimum absolute atomic E-state index is 0.0884. The Kier molecular flexibility index (Phi) is 5.95. The van der Waals surface area contributed by atoms with E-state index in [-0.39, 0.29) is 28.0 Å². The molecule has 132 valence electrons. The van der Waals surface area contributed by atoms with Gasteiger partial charge in [-0.1, -0.05) is 23.2 Å². The van der Waals surface area contributed by atoms with Gasteiger partial charge in [0, 0.05) is 17.8 Å². The molecule has 0 unspecified atom stereocenters. The summed E-state index contributed by atoms with van der Waals surface area (Å²) in [7, 11) is 0. The van der Waals surface area contributed by atoms with E-state index in [0.717, 1.165) is 0 Å². The van der Waals surface area contributed by atoms with Crippen molar-refractivity contribution in [3.63, 3.8) is 0 Å². The highest BCUT2D eigenvalue weighted by Gasteiger charge is 2.15. The second kappa shape index (κ2) is 7.96. The molecule has 4 N–H and O–H groups in total. The van der Waals surface area contributed by atoms with Crippen molar-refractivity contribution in [3.05, 3.63) is 45.9 Å². The lowest BCUT2D eigenvalue weighted by Gasteiger charge is -2.15. The van der Waals surface area contributed by atoms with Crippen LogP contribution in [0.4, 0.5) is 11.4 Å². The van der Waals surface area contributed by atoms with Gasteiger partial charge in [0.1, 0.15) is 11.5 Å². The Hall–Kier alpha value is -2.64. The van der Waals surface area contributed by atoms with Gasteiger partial charge in [0.2, 0.25) is 0 Å². The predicted octanol–water partition coefficient (Wildman–Crippen LogP) is 3.32. The second-order valence-electron chi connectivity index (χ2n) is 4.98. The maximum atomic E-state index is 11.7. The highest BCUT2D eigenvalue weighted by Crippen LogP contribution is 2.37. The van der Waals surface area contributed by atoms with Gasteiger partial charge < -0.3 is 25.4 Å². The number of anilines is 2. The van der Waals surface area contributed by atoms with E-state index in [9.17, 15) is 19.8 Å². The summed E-state index contributed by atoms with van der Waals surface area (Å²) in [4.78, 5) is 22.2. The summed E-state index contributed by atoms with van der Waals surface area (Å²) >= 11 is 12.1. The van der Waals surface area contributed by atoms with Gasteiger partial charge in [-0.15, -0.1) is 0 Å². The number of nitrogens with one attached hydrogen (secondary N) is 1. The van der Waals surface area contributed by atoms with Crippen molar-refractivity contribution in [2.24, 2.45) is 0 Å². The maximum Gasteiger partial charge on any atom is 0.341 e. The van der Waals surface area contributed by atoms with Gasteiger partial charge >= 0.3 is 11.9 Å². The normalized spacial score (nSPS) is 10.3. The SMILES string of the molecule is O=C(O)COC(=O)Cc1cc(O)ccc1Nc1c(Cl)cc(O)cc1Cl. The average molecular weight is 386 g/mol. The largest absolute Gasteiger partial charge is 0.508 e. The summed E-state index contributed by atoms with van der Waals surface area (Å²) in [5.74, 6) is -2.25. The molecule has 0 heterocycles. The lowest BCUT2D eigenvalue weighted by Crippen LogP contribution is -2.15. The first-order chi connectivity index (χ1) is 11.8. The van der Waals surface area contributed by atoms with Crippen LogP contribution in [-0.2, 0) is 20.7 Å². The molecule has 0 saturated carbocycles. The Balaban J connectivity index is 2.27. The molecule has 25 heavy (non-hydrogen) atoms. The number of carboxylic acids is 1. The molecule has 9 heteroatoms. The van der Waals surface area contributed by atoms with Crippen LogP contribution in [0.15, 0.2) is 30.3 Å². The monoisotopic (exact) mass is 385 g/mol. The van der Waals surface area contributed by atoms with Crippen LogP contribution in [0.5, 0.6) is 11.5 Å². The number of rotatable bonds is 6. The van der Waals surface area contributed by atoms with Gasteiger partial charge in [0.15, 0.2) is 6.61 Å². The zero-order chi connectivity index (χ0) is 18.6. The van der Waals surface area contributed by atoms with Crippen LogP contribution < -0.4 is 5.32 Å². The molecule has 0 amide bonds. The summed E-state index contributed by atoms with van der Waals surface area (Å²) in [5.41, 5.74) is 1.04. The number of halogens is 2. The highest BCUT2D eigenvalue weighted by molar-refractivity contribution is 6.39. The maximum absolute atomic E-state index is 11.7. The number of aliphatic carboxylic acids is 1. The first kappa shape index (κ1) is 18.7. The molecule has 0 aliphatic carbocycles. The molecular formula is C16H13Cl2NO6. The van der Waals surface area contributed by atoms with Gasteiger partial charge in [-0.3, -0.25) is 4.79 Å². The number of carbonyl (C=O) groups is 2. The molecular weight excluding hydrogens is 373 g/mol. The molecule has 2 aromatic carbocycles. The van der Waals surface area contributed by atoms with Crippen LogP contribution in [-0.4, -0.2) is 33.9 Å². The fraction of sp³-hybridized carbons (Fsp3) is 0.125. The van der Waals surface area contributed by atoms with Crippen LogP contribution >= 0.6 is 23.2 Å². The Morgan fingerprint density at radius 1 is 1.04 bits per heavy atom. The molecule has 7 nitrogen and oxygen atoms in total. The van der Waals surface area contributed by atoms with E-state index in [2.05, 4.69) is 10.1 Å². The summed E-state index contributed by atoms with van der Waals surface area (Å²) in [6, 6.07) is 6.78.